The minimum Gasteiger partial charge on any atom is -0.486 e. The molecule has 3 aromatic rings. The number of rotatable bonds is 7. The van der Waals surface area contributed by atoms with Crippen molar-refractivity contribution in [3.05, 3.63) is 64.7 Å². The molecule has 1 aliphatic rings. The predicted molar refractivity (Wildman–Crippen MR) is 105 cm³/mol. The minimum absolute atomic E-state index is 0.247. The monoisotopic (exact) mass is 429 g/mol. The largest absolute Gasteiger partial charge is 0.486 e. The first-order chi connectivity index (χ1) is 13.1. The molecular formula is C20H20BrN3O3. The highest BCUT2D eigenvalue weighted by atomic mass is 79.9. The lowest BCUT2D eigenvalue weighted by molar-refractivity contribution is 0.0991. The molecule has 1 aromatic carbocycles. The van der Waals surface area contributed by atoms with Crippen molar-refractivity contribution in [1.29, 1.82) is 0 Å². The maximum Gasteiger partial charge on any atom is 0.292 e. The van der Waals surface area contributed by atoms with Crippen molar-refractivity contribution in [1.82, 2.24) is 9.78 Å². The molecule has 1 N–H and O–H groups in total. The van der Waals surface area contributed by atoms with Gasteiger partial charge in [0.05, 0.1) is 12.2 Å². The molecule has 27 heavy (non-hydrogen) atoms. The average molecular weight is 430 g/mol. The molecule has 4 rings (SSSR count). The second-order valence-electron chi connectivity index (χ2n) is 6.70. The van der Waals surface area contributed by atoms with E-state index in [1.165, 1.54) is 12.8 Å². The highest BCUT2D eigenvalue weighted by molar-refractivity contribution is 9.10. The number of halogens is 1. The van der Waals surface area contributed by atoms with Crippen molar-refractivity contribution < 1.29 is 13.9 Å². The molecular weight excluding hydrogens is 410 g/mol. The standard InChI is InChI=1S/C20H20BrN3O3/c1-13(14-2-3-14)24-19(10-11-22-24)23-20(25)18-9-8-17(27-18)12-26-16-6-4-15(21)5-7-16/h4-11,13-14H,2-3,12H2,1H3,(H,23,25). The summed E-state index contributed by atoms with van der Waals surface area (Å²) in [6.45, 7) is 2.39. The zero-order valence-electron chi connectivity index (χ0n) is 14.9. The van der Waals surface area contributed by atoms with Crippen molar-refractivity contribution in [2.45, 2.75) is 32.4 Å². The summed E-state index contributed by atoms with van der Waals surface area (Å²) in [4.78, 5) is 12.5. The van der Waals surface area contributed by atoms with Crippen LogP contribution in [0.4, 0.5) is 5.82 Å². The molecule has 6 nitrogen and oxygen atoms in total. The quantitative estimate of drug-likeness (QED) is 0.570. The van der Waals surface area contributed by atoms with Gasteiger partial charge in [-0.1, -0.05) is 15.9 Å². The molecule has 1 saturated carbocycles. The molecule has 2 heterocycles. The first-order valence-corrected chi connectivity index (χ1v) is 9.71. The molecule has 140 valence electrons. The van der Waals surface area contributed by atoms with Crippen molar-refractivity contribution in [3.8, 4) is 5.75 Å². The zero-order valence-corrected chi connectivity index (χ0v) is 16.5. The van der Waals surface area contributed by atoms with Crippen LogP contribution < -0.4 is 10.1 Å². The SMILES string of the molecule is CC(C1CC1)n1nccc1NC(=O)c1ccc(COc2ccc(Br)cc2)o1. The second kappa shape index (κ2) is 7.60. The number of carbonyl (C=O) groups is 1. The lowest BCUT2D eigenvalue weighted by Crippen LogP contribution is -2.18. The lowest BCUT2D eigenvalue weighted by atomic mass is 10.2. The van der Waals surface area contributed by atoms with E-state index in [2.05, 4.69) is 33.3 Å². The van der Waals surface area contributed by atoms with Gasteiger partial charge in [0, 0.05) is 10.5 Å². The van der Waals surface area contributed by atoms with Gasteiger partial charge in [0.25, 0.3) is 5.91 Å². The number of anilines is 1. The number of furan rings is 1. The first kappa shape index (κ1) is 17.9. The van der Waals surface area contributed by atoms with E-state index in [0.717, 1.165) is 10.2 Å². The lowest BCUT2D eigenvalue weighted by Gasteiger charge is -2.14. The van der Waals surface area contributed by atoms with E-state index in [4.69, 9.17) is 9.15 Å². The molecule has 1 amide bonds. The molecule has 0 spiro atoms. The Bertz CT molecular complexity index is 928. The summed E-state index contributed by atoms with van der Waals surface area (Å²) in [6.07, 6.45) is 4.14. The molecule has 2 aromatic heterocycles. The predicted octanol–water partition coefficient (Wildman–Crippen LogP) is 5.04. The van der Waals surface area contributed by atoms with Crippen LogP contribution in [0.1, 0.15) is 42.1 Å². The van der Waals surface area contributed by atoms with E-state index in [0.29, 0.717) is 17.5 Å². The number of nitrogens with zero attached hydrogens (tertiary/aromatic N) is 2. The Morgan fingerprint density at radius 3 is 2.81 bits per heavy atom. The average Bonchev–Trinajstić information content (AvgIpc) is 3.23. The Labute approximate surface area is 165 Å². The van der Waals surface area contributed by atoms with E-state index in [1.807, 2.05) is 28.9 Å². The third-order valence-corrected chi connectivity index (χ3v) is 5.21. The fraction of sp³-hybridized carbons (Fsp3) is 0.300. The van der Waals surface area contributed by atoms with E-state index in [9.17, 15) is 4.79 Å². The Morgan fingerprint density at radius 1 is 1.30 bits per heavy atom. The topological polar surface area (TPSA) is 69.3 Å². The Morgan fingerprint density at radius 2 is 2.07 bits per heavy atom. The number of benzene rings is 1. The van der Waals surface area contributed by atoms with Crippen LogP contribution >= 0.6 is 15.9 Å². The number of carbonyl (C=O) groups excluding carboxylic acids is 1. The van der Waals surface area contributed by atoms with Crippen LogP contribution in [0.15, 0.2) is 57.6 Å². The molecule has 1 aliphatic carbocycles. The minimum atomic E-state index is -0.297. The van der Waals surface area contributed by atoms with Crippen LogP contribution in [0, 0.1) is 5.92 Å². The maximum absolute atomic E-state index is 12.5. The van der Waals surface area contributed by atoms with Gasteiger partial charge in [0.1, 0.15) is 23.9 Å². The van der Waals surface area contributed by atoms with Gasteiger partial charge in [0.2, 0.25) is 0 Å². The highest BCUT2D eigenvalue weighted by Crippen LogP contribution is 2.40. The summed E-state index contributed by atoms with van der Waals surface area (Å²) in [5, 5.41) is 7.23. The van der Waals surface area contributed by atoms with Crippen LogP contribution in [-0.2, 0) is 6.61 Å². The van der Waals surface area contributed by atoms with Crippen LogP contribution in [0.5, 0.6) is 5.75 Å². The molecule has 1 atom stereocenters. The van der Waals surface area contributed by atoms with Crippen LogP contribution in [-0.4, -0.2) is 15.7 Å². The summed E-state index contributed by atoms with van der Waals surface area (Å²) in [6, 6.07) is 13.0. The van der Waals surface area contributed by atoms with Crippen LogP contribution in [0.25, 0.3) is 0 Å². The fourth-order valence-corrected chi connectivity index (χ4v) is 3.22. The third-order valence-electron chi connectivity index (χ3n) is 4.68. The Hall–Kier alpha value is -2.54. The number of amides is 1. The zero-order chi connectivity index (χ0) is 18.8. The normalized spacial score (nSPS) is 14.7. The summed E-state index contributed by atoms with van der Waals surface area (Å²) in [5.41, 5.74) is 0. The Balaban J connectivity index is 1.37. The first-order valence-electron chi connectivity index (χ1n) is 8.92. The van der Waals surface area contributed by atoms with Gasteiger partial charge in [-0.3, -0.25) is 4.79 Å². The molecule has 0 aliphatic heterocycles. The van der Waals surface area contributed by atoms with Crippen LogP contribution in [0.3, 0.4) is 0 Å². The van der Waals surface area contributed by atoms with Crippen molar-refractivity contribution in [2.75, 3.05) is 5.32 Å². The number of ether oxygens (including phenoxy) is 1. The van der Waals surface area contributed by atoms with Crippen LogP contribution in [0.2, 0.25) is 0 Å². The van der Waals surface area contributed by atoms with Crippen molar-refractivity contribution in [3.63, 3.8) is 0 Å². The number of nitrogens with one attached hydrogen (secondary N) is 1. The highest BCUT2D eigenvalue weighted by Gasteiger charge is 2.31. The van der Waals surface area contributed by atoms with Gasteiger partial charge in [-0.05, 0) is 62.1 Å². The third kappa shape index (κ3) is 4.24. The number of hydrogen-bond donors (Lipinski definition) is 1. The fourth-order valence-electron chi connectivity index (χ4n) is 2.96. The molecule has 0 radical (unpaired) electrons. The van der Waals surface area contributed by atoms with Gasteiger partial charge >= 0.3 is 0 Å². The van der Waals surface area contributed by atoms with Gasteiger partial charge in [-0.2, -0.15) is 5.10 Å². The van der Waals surface area contributed by atoms with E-state index in [-0.39, 0.29) is 24.3 Å². The smallest absolute Gasteiger partial charge is 0.292 e. The number of aromatic nitrogens is 2. The van der Waals surface area contributed by atoms with Gasteiger partial charge < -0.3 is 14.5 Å². The van der Waals surface area contributed by atoms with Crippen molar-refractivity contribution in [2.24, 2.45) is 5.92 Å². The van der Waals surface area contributed by atoms with Gasteiger partial charge in [-0.15, -0.1) is 0 Å². The Kier molecular flexibility index (Phi) is 5.03. The molecule has 0 bridgehead atoms. The van der Waals surface area contributed by atoms with Gasteiger partial charge in [0.15, 0.2) is 5.76 Å². The van der Waals surface area contributed by atoms with Gasteiger partial charge in [-0.25, -0.2) is 4.68 Å². The van der Waals surface area contributed by atoms with E-state index >= 15 is 0 Å². The molecule has 7 heteroatoms. The second-order valence-corrected chi connectivity index (χ2v) is 7.62. The molecule has 1 unspecified atom stereocenters. The van der Waals surface area contributed by atoms with Crippen molar-refractivity contribution >= 4 is 27.7 Å². The maximum atomic E-state index is 12.5. The van der Waals surface area contributed by atoms with E-state index < -0.39 is 0 Å². The summed E-state index contributed by atoms with van der Waals surface area (Å²) in [7, 11) is 0. The summed E-state index contributed by atoms with van der Waals surface area (Å²) >= 11 is 3.39. The number of hydrogen-bond acceptors (Lipinski definition) is 4. The molecule has 0 saturated heterocycles. The summed E-state index contributed by atoms with van der Waals surface area (Å²) < 4.78 is 14.2. The molecule has 1 fully saturated rings. The van der Waals surface area contributed by atoms with E-state index in [1.54, 1.807) is 24.4 Å². The summed E-state index contributed by atoms with van der Waals surface area (Å²) in [5.74, 6) is 2.60.